The Morgan fingerprint density at radius 2 is 2.00 bits per heavy atom. The highest BCUT2D eigenvalue weighted by Gasteiger charge is 2.09. The number of hydrazine groups is 1. The summed E-state index contributed by atoms with van der Waals surface area (Å²) in [6.45, 7) is 3.91. The molecule has 5 heteroatoms. The zero-order valence-corrected chi connectivity index (χ0v) is 13.1. The van der Waals surface area contributed by atoms with Crippen molar-refractivity contribution in [2.45, 2.75) is 23.5 Å². The molecular formula is C15H18ClN3S. The number of nitrogens with one attached hydrogen (secondary N) is 1. The van der Waals surface area contributed by atoms with Crippen molar-refractivity contribution in [1.29, 1.82) is 0 Å². The quantitative estimate of drug-likeness (QED) is 0.260. The molecule has 5 N–H and O–H groups in total. The first-order chi connectivity index (χ1) is 9.51. The number of alkyl halides is 1. The molecule has 0 bridgehead atoms. The monoisotopic (exact) mass is 307 g/mol. The molecule has 2 aromatic rings. The lowest BCUT2D eigenvalue weighted by molar-refractivity contribution is 1.33. The first-order valence-electron chi connectivity index (χ1n) is 6.29. The normalized spacial score (nSPS) is 12.2. The number of nitrogen functional groups attached to an aromatic ring is 2. The van der Waals surface area contributed by atoms with Gasteiger partial charge in [-0.1, -0.05) is 12.1 Å². The van der Waals surface area contributed by atoms with Crippen molar-refractivity contribution >= 4 is 34.7 Å². The Morgan fingerprint density at radius 3 is 2.65 bits per heavy atom. The second kappa shape index (κ2) is 6.39. The van der Waals surface area contributed by atoms with Crippen molar-refractivity contribution in [3.63, 3.8) is 0 Å². The van der Waals surface area contributed by atoms with Crippen LogP contribution in [0.2, 0.25) is 0 Å². The van der Waals surface area contributed by atoms with E-state index in [9.17, 15) is 0 Å². The number of halogens is 1. The molecule has 0 aliphatic rings. The van der Waals surface area contributed by atoms with E-state index >= 15 is 0 Å². The number of rotatable bonds is 4. The highest BCUT2D eigenvalue weighted by molar-refractivity contribution is 8.01. The maximum Gasteiger partial charge on any atom is 0.0807 e. The van der Waals surface area contributed by atoms with Gasteiger partial charge in [0.2, 0.25) is 0 Å². The molecule has 0 amide bonds. The summed E-state index contributed by atoms with van der Waals surface area (Å²) in [4.78, 5) is 1.12. The van der Waals surface area contributed by atoms with E-state index in [1.807, 2.05) is 44.2 Å². The Hall–Kier alpha value is -1.36. The highest BCUT2D eigenvalue weighted by atomic mass is 35.5. The third-order valence-electron chi connectivity index (χ3n) is 3.01. The first kappa shape index (κ1) is 15.0. The molecule has 0 aromatic heterocycles. The van der Waals surface area contributed by atoms with Gasteiger partial charge in [0.25, 0.3) is 0 Å². The van der Waals surface area contributed by atoms with Gasteiger partial charge in [-0.05, 0) is 49.2 Å². The van der Waals surface area contributed by atoms with E-state index in [4.69, 9.17) is 23.2 Å². The lowest BCUT2D eigenvalue weighted by Crippen LogP contribution is -2.09. The van der Waals surface area contributed by atoms with Crippen LogP contribution in [0.3, 0.4) is 0 Å². The van der Waals surface area contributed by atoms with E-state index in [0.717, 1.165) is 33.0 Å². The van der Waals surface area contributed by atoms with E-state index in [1.54, 1.807) is 11.8 Å². The molecule has 0 radical (unpaired) electrons. The molecule has 1 unspecified atom stereocenters. The number of nitrogens with two attached hydrogens (primary N) is 2. The number of hydrogen-bond donors (Lipinski definition) is 3. The van der Waals surface area contributed by atoms with Crippen molar-refractivity contribution in [2.24, 2.45) is 5.84 Å². The molecule has 0 aliphatic heterocycles. The predicted molar refractivity (Wildman–Crippen MR) is 90.0 cm³/mol. The zero-order valence-electron chi connectivity index (χ0n) is 11.5. The van der Waals surface area contributed by atoms with E-state index < -0.39 is 0 Å². The van der Waals surface area contributed by atoms with Crippen LogP contribution in [-0.4, -0.2) is 4.71 Å². The summed E-state index contributed by atoms with van der Waals surface area (Å²) in [5, 5.41) is 0. The molecular weight excluding hydrogens is 290 g/mol. The van der Waals surface area contributed by atoms with Crippen LogP contribution < -0.4 is 17.0 Å². The van der Waals surface area contributed by atoms with Crippen molar-refractivity contribution in [2.75, 3.05) is 11.2 Å². The molecule has 2 aromatic carbocycles. The van der Waals surface area contributed by atoms with Crippen LogP contribution in [0.15, 0.2) is 41.3 Å². The molecule has 0 fully saturated rings. The number of anilines is 2. The van der Waals surface area contributed by atoms with Crippen molar-refractivity contribution in [1.82, 2.24) is 0 Å². The minimum atomic E-state index is 0.0282. The van der Waals surface area contributed by atoms with Gasteiger partial charge >= 0.3 is 0 Å². The van der Waals surface area contributed by atoms with Gasteiger partial charge in [0.15, 0.2) is 0 Å². The molecule has 106 valence electrons. The molecule has 0 aliphatic carbocycles. The van der Waals surface area contributed by atoms with Gasteiger partial charge in [0, 0.05) is 16.1 Å². The second-order valence-electron chi connectivity index (χ2n) is 4.59. The lowest BCUT2D eigenvalue weighted by Gasteiger charge is -2.13. The van der Waals surface area contributed by atoms with Gasteiger partial charge in [-0.15, -0.1) is 23.4 Å². The van der Waals surface area contributed by atoms with E-state index in [-0.39, 0.29) is 4.71 Å². The summed E-state index contributed by atoms with van der Waals surface area (Å²) in [5.74, 6) is 5.61. The van der Waals surface area contributed by atoms with Crippen LogP contribution in [0.1, 0.15) is 12.5 Å². The van der Waals surface area contributed by atoms with Gasteiger partial charge in [0.1, 0.15) is 0 Å². The third kappa shape index (κ3) is 3.39. The van der Waals surface area contributed by atoms with E-state index in [2.05, 4.69) is 11.5 Å². The fourth-order valence-electron chi connectivity index (χ4n) is 2.01. The lowest BCUT2D eigenvalue weighted by atomic mass is 10.0. The predicted octanol–water partition coefficient (Wildman–Crippen LogP) is 4.21. The minimum Gasteiger partial charge on any atom is -0.398 e. The molecule has 0 saturated carbocycles. The van der Waals surface area contributed by atoms with Crippen LogP contribution in [0, 0.1) is 6.92 Å². The second-order valence-corrected chi connectivity index (χ2v) is 6.92. The fourth-order valence-corrected chi connectivity index (χ4v) is 3.04. The van der Waals surface area contributed by atoms with Crippen LogP contribution in [0.5, 0.6) is 0 Å². The highest BCUT2D eigenvalue weighted by Crippen LogP contribution is 2.34. The largest absolute Gasteiger partial charge is 0.398 e. The van der Waals surface area contributed by atoms with Crippen LogP contribution >= 0.6 is 23.4 Å². The van der Waals surface area contributed by atoms with Crippen molar-refractivity contribution in [3.05, 3.63) is 42.0 Å². The Balaban J connectivity index is 2.48. The summed E-state index contributed by atoms with van der Waals surface area (Å²) in [7, 11) is 0. The molecule has 0 heterocycles. The average Bonchev–Trinajstić information content (AvgIpc) is 2.41. The first-order valence-corrected chi connectivity index (χ1v) is 7.60. The summed E-state index contributed by atoms with van der Waals surface area (Å²) in [6, 6.07) is 12.1. The maximum atomic E-state index is 6.03. The van der Waals surface area contributed by atoms with Gasteiger partial charge in [-0.3, -0.25) is 5.84 Å². The van der Waals surface area contributed by atoms with Gasteiger partial charge < -0.3 is 11.2 Å². The van der Waals surface area contributed by atoms with Gasteiger partial charge in [-0.25, -0.2) is 0 Å². The molecule has 0 saturated heterocycles. The van der Waals surface area contributed by atoms with Crippen molar-refractivity contribution < 1.29 is 0 Å². The number of benzene rings is 2. The summed E-state index contributed by atoms with van der Waals surface area (Å²) in [6.07, 6.45) is 0. The summed E-state index contributed by atoms with van der Waals surface area (Å²) >= 11 is 7.64. The van der Waals surface area contributed by atoms with Crippen LogP contribution in [0.25, 0.3) is 11.1 Å². The minimum absolute atomic E-state index is 0.0282. The van der Waals surface area contributed by atoms with Crippen LogP contribution in [-0.2, 0) is 0 Å². The number of aryl methyl sites for hydroxylation is 1. The molecule has 1 atom stereocenters. The van der Waals surface area contributed by atoms with E-state index in [1.165, 1.54) is 0 Å². The van der Waals surface area contributed by atoms with Crippen molar-refractivity contribution in [3.8, 4) is 11.1 Å². The molecule has 2 rings (SSSR count). The third-order valence-corrected chi connectivity index (χ3v) is 4.12. The summed E-state index contributed by atoms with van der Waals surface area (Å²) in [5.41, 5.74) is 13.4. The molecule has 3 nitrogen and oxygen atoms in total. The smallest absolute Gasteiger partial charge is 0.0807 e. The van der Waals surface area contributed by atoms with Gasteiger partial charge in [0.05, 0.1) is 10.4 Å². The Labute approximate surface area is 128 Å². The maximum absolute atomic E-state index is 6.03. The fraction of sp³-hybridized carbons (Fsp3) is 0.200. The Kier molecular flexibility index (Phi) is 4.81. The standard InChI is InChI=1S/C15H18ClN3S/c1-9-6-15(19-18)13(8-14(9)17)11-4-3-5-12(7-11)20-10(2)16/h3-8,10,19H,17-18H2,1-2H3. The zero-order chi connectivity index (χ0) is 14.7. The van der Waals surface area contributed by atoms with E-state index in [0.29, 0.717) is 0 Å². The number of hydrogen-bond acceptors (Lipinski definition) is 4. The average molecular weight is 308 g/mol. The Bertz CT molecular complexity index is 614. The summed E-state index contributed by atoms with van der Waals surface area (Å²) < 4.78 is 0.0282. The Morgan fingerprint density at radius 1 is 1.25 bits per heavy atom. The topological polar surface area (TPSA) is 64.1 Å². The SMILES string of the molecule is Cc1cc(NN)c(-c2cccc(SC(C)Cl)c2)cc1N. The molecule has 0 spiro atoms. The number of thioether (sulfide) groups is 1. The molecule has 20 heavy (non-hydrogen) atoms. The van der Waals surface area contributed by atoms with Gasteiger partial charge in [-0.2, -0.15) is 0 Å². The van der Waals surface area contributed by atoms with Crippen LogP contribution in [0.4, 0.5) is 11.4 Å².